The van der Waals surface area contributed by atoms with Gasteiger partial charge in [-0.15, -0.1) is 12.4 Å². The van der Waals surface area contributed by atoms with Gasteiger partial charge < -0.3 is 14.6 Å². The van der Waals surface area contributed by atoms with Gasteiger partial charge in [0.2, 0.25) is 0 Å². The number of hydrogen-bond acceptors (Lipinski definition) is 4. The van der Waals surface area contributed by atoms with E-state index in [2.05, 4.69) is 41.7 Å². The van der Waals surface area contributed by atoms with Gasteiger partial charge in [0.15, 0.2) is 0 Å². The third kappa shape index (κ3) is 3.85. The summed E-state index contributed by atoms with van der Waals surface area (Å²) in [6.45, 7) is 5.01. The van der Waals surface area contributed by atoms with Crippen molar-refractivity contribution in [1.29, 1.82) is 0 Å². The number of nitrogens with one attached hydrogen (secondary N) is 1. The predicted octanol–water partition coefficient (Wildman–Crippen LogP) is 4.04. The van der Waals surface area contributed by atoms with Crippen LogP contribution in [0, 0.1) is 6.92 Å². The SMILES string of the molecule is Cc1cc(C2CCNCC2)oc(=O)c1C(=O)N1CCC2(C=Cc3ccccc32)CC1.Cl. The Morgan fingerprint density at radius 2 is 1.87 bits per heavy atom. The molecular formula is C25H29ClN2O3. The molecule has 0 radical (unpaired) electrons. The monoisotopic (exact) mass is 440 g/mol. The molecule has 2 fully saturated rings. The van der Waals surface area contributed by atoms with Gasteiger partial charge in [-0.1, -0.05) is 36.4 Å². The Bertz CT molecular complexity index is 1060. The molecule has 0 unspecified atom stereocenters. The molecule has 2 aromatic rings. The van der Waals surface area contributed by atoms with E-state index >= 15 is 0 Å². The quantitative estimate of drug-likeness (QED) is 0.765. The zero-order valence-electron chi connectivity index (χ0n) is 17.9. The maximum absolute atomic E-state index is 13.2. The fraction of sp³-hybridized carbons (Fsp3) is 0.440. The van der Waals surface area contributed by atoms with Crippen LogP contribution in [0.1, 0.15) is 64.4 Å². The summed E-state index contributed by atoms with van der Waals surface area (Å²) in [5.74, 6) is 0.787. The molecular weight excluding hydrogens is 412 g/mol. The zero-order valence-corrected chi connectivity index (χ0v) is 18.7. The largest absolute Gasteiger partial charge is 0.427 e. The number of carbonyl (C=O) groups excluding carboxylic acids is 1. The number of aryl methyl sites for hydroxylation is 1. The number of fused-ring (bicyclic) bond motifs is 2. The van der Waals surface area contributed by atoms with Crippen LogP contribution in [0.5, 0.6) is 0 Å². The second-order valence-electron chi connectivity index (χ2n) is 8.89. The van der Waals surface area contributed by atoms with Crippen LogP contribution in [0.25, 0.3) is 6.08 Å². The highest BCUT2D eigenvalue weighted by Crippen LogP contribution is 2.43. The first-order chi connectivity index (χ1) is 14.6. The van der Waals surface area contributed by atoms with Crippen molar-refractivity contribution in [3.63, 3.8) is 0 Å². The number of rotatable bonds is 2. The van der Waals surface area contributed by atoms with Crippen molar-refractivity contribution < 1.29 is 9.21 Å². The third-order valence-corrected chi connectivity index (χ3v) is 7.15. The number of halogens is 1. The Kier molecular flexibility index (Phi) is 6.09. The molecule has 1 aromatic heterocycles. The lowest BCUT2D eigenvalue weighted by atomic mass is 9.74. The van der Waals surface area contributed by atoms with Crippen LogP contribution in [0.3, 0.4) is 0 Å². The smallest absolute Gasteiger partial charge is 0.349 e. The minimum Gasteiger partial charge on any atom is -0.427 e. The van der Waals surface area contributed by atoms with Gasteiger partial charge in [-0.05, 0) is 68.5 Å². The second kappa shape index (κ2) is 8.64. The Labute approximate surface area is 188 Å². The van der Waals surface area contributed by atoms with Crippen molar-refractivity contribution in [1.82, 2.24) is 10.2 Å². The van der Waals surface area contributed by atoms with Crippen molar-refractivity contribution >= 4 is 24.4 Å². The third-order valence-electron chi connectivity index (χ3n) is 7.15. The molecule has 6 heteroatoms. The number of likely N-dealkylation sites (tertiary alicyclic amines) is 1. The Morgan fingerprint density at radius 3 is 2.58 bits per heavy atom. The molecule has 164 valence electrons. The molecule has 2 aliphatic heterocycles. The van der Waals surface area contributed by atoms with Gasteiger partial charge >= 0.3 is 5.63 Å². The van der Waals surface area contributed by atoms with Gasteiger partial charge in [0, 0.05) is 24.4 Å². The normalized spacial score (nSPS) is 19.8. The minimum absolute atomic E-state index is 0. The predicted molar refractivity (Wildman–Crippen MR) is 124 cm³/mol. The molecule has 3 aliphatic rings. The second-order valence-corrected chi connectivity index (χ2v) is 8.89. The van der Waals surface area contributed by atoms with Crippen LogP contribution >= 0.6 is 12.4 Å². The maximum atomic E-state index is 13.2. The number of benzene rings is 1. The van der Waals surface area contributed by atoms with E-state index in [0.717, 1.165) is 50.1 Å². The minimum atomic E-state index is -0.486. The van der Waals surface area contributed by atoms with Gasteiger partial charge in [-0.3, -0.25) is 4.79 Å². The summed E-state index contributed by atoms with van der Waals surface area (Å²) >= 11 is 0. The number of allylic oxidation sites excluding steroid dienone is 1. The average Bonchev–Trinajstić information content (AvgIpc) is 3.12. The lowest BCUT2D eigenvalue weighted by Crippen LogP contribution is -2.45. The molecule has 31 heavy (non-hydrogen) atoms. The molecule has 0 atom stereocenters. The molecule has 1 amide bonds. The number of nitrogens with zero attached hydrogens (tertiary/aromatic N) is 1. The average molecular weight is 441 g/mol. The summed E-state index contributed by atoms with van der Waals surface area (Å²) < 4.78 is 5.64. The number of amides is 1. The van der Waals surface area contributed by atoms with E-state index in [9.17, 15) is 9.59 Å². The van der Waals surface area contributed by atoms with Crippen LogP contribution in [0.15, 0.2) is 45.6 Å². The van der Waals surface area contributed by atoms with Crippen molar-refractivity contribution in [2.75, 3.05) is 26.2 Å². The van der Waals surface area contributed by atoms with Gasteiger partial charge in [0.25, 0.3) is 5.91 Å². The Hall–Kier alpha value is -2.37. The molecule has 1 aromatic carbocycles. The van der Waals surface area contributed by atoms with E-state index in [0.29, 0.717) is 13.1 Å². The van der Waals surface area contributed by atoms with E-state index in [-0.39, 0.29) is 35.2 Å². The van der Waals surface area contributed by atoms with Crippen molar-refractivity contribution in [3.8, 4) is 0 Å². The van der Waals surface area contributed by atoms with Crippen LogP contribution in [0.4, 0.5) is 0 Å². The van der Waals surface area contributed by atoms with E-state index < -0.39 is 5.63 Å². The Balaban J connectivity index is 0.00000231. The van der Waals surface area contributed by atoms with E-state index in [1.54, 1.807) is 0 Å². The fourth-order valence-corrected chi connectivity index (χ4v) is 5.34. The molecule has 1 N–H and O–H groups in total. The summed E-state index contributed by atoms with van der Waals surface area (Å²) in [5.41, 5.74) is 3.11. The molecule has 0 saturated carbocycles. The molecule has 2 saturated heterocycles. The molecule has 0 bridgehead atoms. The van der Waals surface area contributed by atoms with Gasteiger partial charge in [0.05, 0.1) is 0 Å². The summed E-state index contributed by atoms with van der Waals surface area (Å²) in [4.78, 5) is 27.8. The van der Waals surface area contributed by atoms with Crippen LogP contribution < -0.4 is 10.9 Å². The number of carbonyl (C=O) groups is 1. The first-order valence-corrected chi connectivity index (χ1v) is 11.0. The van der Waals surface area contributed by atoms with Gasteiger partial charge in [0.1, 0.15) is 11.3 Å². The zero-order chi connectivity index (χ0) is 20.7. The summed E-state index contributed by atoms with van der Waals surface area (Å²) in [6.07, 6.45) is 8.17. The van der Waals surface area contributed by atoms with Crippen molar-refractivity contribution in [2.45, 2.75) is 43.9 Å². The molecule has 3 heterocycles. The topological polar surface area (TPSA) is 62.6 Å². The standard InChI is InChI=1S/C25H28N2O3.ClH/c1-17-16-21(19-7-12-26-13-8-19)30-24(29)22(17)23(28)27-14-10-25(11-15-27)9-6-18-4-2-3-5-20(18)25;/h2-6,9,16,19,26H,7-8,10-15H2,1H3;1H. The first kappa shape index (κ1) is 21.8. The molecule has 5 nitrogen and oxygen atoms in total. The van der Waals surface area contributed by atoms with Crippen LogP contribution in [0.2, 0.25) is 0 Å². The van der Waals surface area contributed by atoms with Crippen molar-refractivity contribution in [2.24, 2.45) is 0 Å². The lowest BCUT2D eigenvalue weighted by Gasteiger charge is -2.39. The van der Waals surface area contributed by atoms with Gasteiger partial charge in [-0.2, -0.15) is 0 Å². The fourth-order valence-electron chi connectivity index (χ4n) is 5.34. The maximum Gasteiger partial charge on any atom is 0.349 e. The molecule has 1 spiro atoms. The van der Waals surface area contributed by atoms with E-state index in [1.807, 2.05) is 17.9 Å². The highest BCUT2D eigenvalue weighted by Gasteiger charge is 2.39. The first-order valence-electron chi connectivity index (χ1n) is 11.0. The van der Waals surface area contributed by atoms with Gasteiger partial charge in [-0.25, -0.2) is 4.79 Å². The van der Waals surface area contributed by atoms with Crippen molar-refractivity contribution in [3.05, 3.63) is 74.8 Å². The summed E-state index contributed by atoms with van der Waals surface area (Å²) in [5, 5.41) is 3.33. The molecule has 1 aliphatic carbocycles. The highest BCUT2D eigenvalue weighted by molar-refractivity contribution is 5.95. The summed E-state index contributed by atoms with van der Waals surface area (Å²) in [7, 11) is 0. The molecule has 5 rings (SSSR count). The van der Waals surface area contributed by atoms with E-state index in [4.69, 9.17) is 4.42 Å². The summed E-state index contributed by atoms with van der Waals surface area (Å²) in [6, 6.07) is 10.4. The number of hydrogen-bond donors (Lipinski definition) is 1. The lowest BCUT2D eigenvalue weighted by molar-refractivity contribution is 0.0684. The van der Waals surface area contributed by atoms with E-state index in [1.165, 1.54) is 11.1 Å². The number of piperidine rings is 2. The highest BCUT2D eigenvalue weighted by atomic mass is 35.5. The van der Waals surface area contributed by atoms with Crippen LogP contribution in [-0.4, -0.2) is 37.0 Å². The van der Waals surface area contributed by atoms with Crippen LogP contribution in [-0.2, 0) is 5.41 Å². The Morgan fingerprint density at radius 1 is 1.16 bits per heavy atom.